The summed E-state index contributed by atoms with van der Waals surface area (Å²) in [6.07, 6.45) is 1.96. The van der Waals surface area contributed by atoms with Crippen LogP contribution in [0.25, 0.3) is 11.0 Å². The average Bonchev–Trinajstić information content (AvgIpc) is 3.04. The van der Waals surface area contributed by atoms with Crippen molar-refractivity contribution in [3.63, 3.8) is 0 Å². The Morgan fingerprint density at radius 2 is 2.22 bits per heavy atom. The SMILES string of the molecule is CN(C[C@@H]1C[C@@H](O)CN1)c1nc2c(cnn2C(C)(C)C)c(=O)[nH]1. The van der Waals surface area contributed by atoms with Gasteiger partial charge in [0.1, 0.15) is 5.39 Å². The zero-order valence-electron chi connectivity index (χ0n) is 14.0. The first kappa shape index (κ1) is 15.9. The molecule has 0 amide bonds. The van der Waals surface area contributed by atoms with Gasteiger partial charge in [-0.3, -0.25) is 9.78 Å². The van der Waals surface area contributed by atoms with Gasteiger partial charge in [-0.15, -0.1) is 0 Å². The molecule has 1 saturated heterocycles. The van der Waals surface area contributed by atoms with Crippen molar-refractivity contribution in [1.82, 2.24) is 25.1 Å². The molecule has 1 fully saturated rings. The first-order valence-corrected chi connectivity index (χ1v) is 7.87. The van der Waals surface area contributed by atoms with E-state index in [0.29, 0.717) is 36.5 Å². The van der Waals surface area contributed by atoms with Crippen molar-refractivity contribution in [3.8, 4) is 0 Å². The molecule has 1 aliphatic rings. The predicted octanol–water partition coefficient (Wildman–Crippen LogP) is 0.0336. The zero-order chi connectivity index (χ0) is 16.8. The van der Waals surface area contributed by atoms with E-state index in [2.05, 4.69) is 20.4 Å². The van der Waals surface area contributed by atoms with Crippen LogP contribution < -0.4 is 15.8 Å². The molecule has 0 unspecified atom stereocenters. The van der Waals surface area contributed by atoms with Crippen molar-refractivity contribution in [2.24, 2.45) is 0 Å². The minimum atomic E-state index is -0.301. The van der Waals surface area contributed by atoms with E-state index in [-0.39, 0.29) is 23.2 Å². The molecule has 3 N–H and O–H groups in total. The van der Waals surface area contributed by atoms with Crippen molar-refractivity contribution in [3.05, 3.63) is 16.6 Å². The Hall–Kier alpha value is -1.93. The summed E-state index contributed by atoms with van der Waals surface area (Å²) in [6, 6.07) is 0.184. The van der Waals surface area contributed by atoms with Crippen LogP contribution in [-0.2, 0) is 5.54 Å². The lowest BCUT2D eigenvalue weighted by molar-refractivity contribution is 0.193. The van der Waals surface area contributed by atoms with Crippen molar-refractivity contribution >= 4 is 17.0 Å². The van der Waals surface area contributed by atoms with Gasteiger partial charge in [-0.1, -0.05) is 0 Å². The van der Waals surface area contributed by atoms with Gasteiger partial charge in [-0.2, -0.15) is 10.1 Å². The molecule has 23 heavy (non-hydrogen) atoms. The maximum absolute atomic E-state index is 12.3. The smallest absolute Gasteiger partial charge is 0.263 e. The molecule has 2 aromatic rings. The van der Waals surface area contributed by atoms with E-state index in [1.807, 2.05) is 32.7 Å². The molecule has 0 saturated carbocycles. The van der Waals surface area contributed by atoms with Crippen LogP contribution in [0, 0.1) is 0 Å². The number of aromatic amines is 1. The summed E-state index contributed by atoms with van der Waals surface area (Å²) in [5.74, 6) is 0.511. The summed E-state index contributed by atoms with van der Waals surface area (Å²) in [5, 5.41) is 17.7. The number of rotatable bonds is 3. The number of anilines is 1. The normalized spacial score (nSPS) is 22.0. The third-order valence-corrected chi connectivity index (χ3v) is 4.12. The van der Waals surface area contributed by atoms with Gasteiger partial charge in [0.15, 0.2) is 5.65 Å². The van der Waals surface area contributed by atoms with Gasteiger partial charge in [-0.05, 0) is 27.2 Å². The number of β-amino-alcohol motifs (C(OH)–C–C–N with tert-alkyl or cyclic N) is 1. The van der Waals surface area contributed by atoms with Crippen LogP contribution in [0.2, 0.25) is 0 Å². The molecule has 8 heteroatoms. The topological polar surface area (TPSA) is 99.1 Å². The van der Waals surface area contributed by atoms with E-state index in [0.717, 1.165) is 0 Å². The van der Waals surface area contributed by atoms with E-state index in [1.165, 1.54) is 0 Å². The first-order chi connectivity index (χ1) is 10.8. The van der Waals surface area contributed by atoms with Gasteiger partial charge in [-0.25, -0.2) is 4.68 Å². The van der Waals surface area contributed by atoms with Gasteiger partial charge < -0.3 is 15.3 Å². The van der Waals surface area contributed by atoms with Crippen molar-refractivity contribution < 1.29 is 5.11 Å². The average molecular weight is 320 g/mol. The summed E-state index contributed by atoms with van der Waals surface area (Å²) >= 11 is 0. The van der Waals surface area contributed by atoms with Crippen LogP contribution in [0.15, 0.2) is 11.0 Å². The van der Waals surface area contributed by atoms with Crippen LogP contribution in [0.1, 0.15) is 27.2 Å². The van der Waals surface area contributed by atoms with Gasteiger partial charge >= 0.3 is 0 Å². The van der Waals surface area contributed by atoms with E-state index in [4.69, 9.17) is 0 Å². The molecule has 2 aromatic heterocycles. The second-order valence-corrected chi connectivity index (χ2v) is 7.23. The number of nitrogens with zero attached hydrogens (tertiary/aromatic N) is 4. The number of nitrogens with one attached hydrogen (secondary N) is 2. The molecule has 0 bridgehead atoms. The molecular formula is C15H24N6O2. The number of fused-ring (bicyclic) bond motifs is 1. The number of H-pyrrole nitrogens is 1. The molecule has 8 nitrogen and oxygen atoms in total. The summed E-state index contributed by atoms with van der Waals surface area (Å²) in [6.45, 7) is 7.34. The fourth-order valence-electron chi connectivity index (χ4n) is 2.93. The number of hydrogen-bond donors (Lipinski definition) is 3. The summed E-state index contributed by atoms with van der Waals surface area (Å²) in [7, 11) is 1.88. The number of likely N-dealkylation sites (N-methyl/N-ethyl adjacent to an activating group) is 1. The largest absolute Gasteiger partial charge is 0.392 e. The van der Waals surface area contributed by atoms with Crippen molar-refractivity contribution in [2.45, 2.75) is 44.9 Å². The Balaban J connectivity index is 1.93. The molecule has 3 heterocycles. The molecule has 126 valence electrons. The maximum Gasteiger partial charge on any atom is 0.263 e. The number of aliphatic hydroxyl groups excluding tert-OH is 1. The highest BCUT2D eigenvalue weighted by Gasteiger charge is 2.25. The van der Waals surface area contributed by atoms with Gasteiger partial charge in [0.2, 0.25) is 5.95 Å². The van der Waals surface area contributed by atoms with Crippen molar-refractivity contribution in [2.75, 3.05) is 25.0 Å². The van der Waals surface area contributed by atoms with Crippen LogP contribution in [0.3, 0.4) is 0 Å². The standard InChI is InChI=1S/C15H24N6O2/c1-15(2,3)21-12-11(7-17-21)13(23)19-14(18-12)20(4)8-9-5-10(22)6-16-9/h7,9-10,16,22H,5-6,8H2,1-4H3,(H,18,19,23)/t9-,10+/m0/s1. The first-order valence-electron chi connectivity index (χ1n) is 7.87. The molecule has 3 rings (SSSR count). The van der Waals surface area contributed by atoms with Gasteiger partial charge in [0, 0.05) is 26.2 Å². The highest BCUT2D eigenvalue weighted by atomic mass is 16.3. The summed E-state index contributed by atoms with van der Waals surface area (Å²) in [5.41, 5.74) is 0.143. The van der Waals surface area contributed by atoms with E-state index >= 15 is 0 Å². The zero-order valence-corrected chi connectivity index (χ0v) is 14.0. The highest BCUT2D eigenvalue weighted by molar-refractivity contribution is 5.74. The molecular weight excluding hydrogens is 296 g/mol. The molecule has 1 aliphatic heterocycles. The Labute approximate surface area is 134 Å². The van der Waals surface area contributed by atoms with Crippen LogP contribution in [0.4, 0.5) is 5.95 Å². The third kappa shape index (κ3) is 3.09. The van der Waals surface area contributed by atoms with Gasteiger partial charge in [0.05, 0.1) is 17.8 Å². The van der Waals surface area contributed by atoms with Crippen LogP contribution >= 0.6 is 0 Å². The predicted molar refractivity (Wildman–Crippen MR) is 88.8 cm³/mol. The number of aromatic nitrogens is 4. The summed E-state index contributed by atoms with van der Waals surface area (Å²) in [4.78, 5) is 21.6. The van der Waals surface area contributed by atoms with Crippen molar-refractivity contribution in [1.29, 1.82) is 0 Å². The van der Waals surface area contributed by atoms with Crippen LogP contribution in [-0.4, -0.2) is 57.1 Å². The quantitative estimate of drug-likeness (QED) is 0.738. The molecule has 0 radical (unpaired) electrons. The Morgan fingerprint density at radius 3 is 2.83 bits per heavy atom. The number of hydrogen-bond acceptors (Lipinski definition) is 6. The minimum absolute atomic E-state index is 0.184. The summed E-state index contributed by atoms with van der Waals surface area (Å²) < 4.78 is 1.77. The van der Waals surface area contributed by atoms with E-state index in [9.17, 15) is 9.90 Å². The lowest BCUT2D eigenvalue weighted by Gasteiger charge is -2.23. The maximum atomic E-state index is 12.3. The second kappa shape index (κ2) is 5.61. The fourth-order valence-corrected chi connectivity index (χ4v) is 2.93. The Bertz CT molecular complexity index is 759. The lowest BCUT2D eigenvalue weighted by atomic mass is 10.1. The third-order valence-electron chi connectivity index (χ3n) is 4.12. The second-order valence-electron chi connectivity index (χ2n) is 7.23. The van der Waals surface area contributed by atoms with Crippen LogP contribution in [0.5, 0.6) is 0 Å². The Kier molecular flexibility index (Phi) is 3.89. The molecule has 2 atom stereocenters. The Morgan fingerprint density at radius 1 is 1.48 bits per heavy atom. The van der Waals surface area contributed by atoms with E-state index in [1.54, 1.807) is 10.9 Å². The lowest BCUT2D eigenvalue weighted by Crippen LogP contribution is -2.37. The number of aliphatic hydroxyl groups is 1. The monoisotopic (exact) mass is 320 g/mol. The molecule has 0 spiro atoms. The molecule has 0 aliphatic carbocycles. The fraction of sp³-hybridized carbons (Fsp3) is 0.667. The highest BCUT2D eigenvalue weighted by Crippen LogP contribution is 2.19. The minimum Gasteiger partial charge on any atom is -0.392 e. The molecule has 0 aromatic carbocycles. The van der Waals surface area contributed by atoms with E-state index < -0.39 is 0 Å². The van der Waals surface area contributed by atoms with Gasteiger partial charge in [0.25, 0.3) is 5.56 Å².